The van der Waals surface area contributed by atoms with Crippen molar-refractivity contribution >= 4 is 5.69 Å². The Balaban J connectivity index is 1.67. The number of aromatic nitrogens is 3. The van der Waals surface area contributed by atoms with Gasteiger partial charge in [0, 0.05) is 33.2 Å². The van der Waals surface area contributed by atoms with E-state index < -0.39 is 11.2 Å². The molecule has 0 bridgehead atoms. The van der Waals surface area contributed by atoms with Crippen molar-refractivity contribution in [2.24, 2.45) is 7.05 Å². The van der Waals surface area contributed by atoms with Gasteiger partial charge < -0.3 is 9.64 Å². The summed E-state index contributed by atoms with van der Waals surface area (Å²) in [5.74, 6) is 0.863. The fourth-order valence-corrected chi connectivity index (χ4v) is 2.83. The first kappa shape index (κ1) is 16.3. The van der Waals surface area contributed by atoms with E-state index >= 15 is 0 Å². The molecule has 0 unspecified atom stereocenters. The molecule has 1 fully saturated rings. The number of methoxy groups -OCH3 is 1. The summed E-state index contributed by atoms with van der Waals surface area (Å²) < 4.78 is 7.81. The fourth-order valence-electron chi connectivity index (χ4n) is 2.83. The van der Waals surface area contributed by atoms with E-state index in [1.54, 1.807) is 7.11 Å². The zero-order valence-electron chi connectivity index (χ0n) is 13.9. The Morgan fingerprint density at radius 2 is 1.83 bits per heavy atom. The van der Waals surface area contributed by atoms with Crippen molar-refractivity contribution in [3.8, 4) is 5.75 Å². The van der Waals surface area contributed by atoms with E-state index in [1.165, 1.54) is 17.9 Å². The highest BCUT2D eigenvalue weighted by molar-refractivity contribution is 5.58. The highest BCUT2D eigenvalue weighted by atomic mass is 16.5. The third kappa shape index (κ3) is 3.18. The molecule has 8 nitrogen and oxygen atoms in total. The molecule has 1 aromatic heterocycles. The summed E-state index contributed by atoms with van der Waals surface area (Å²) in [6.07, 6.45) is 1.17. The lowest BCUT2D eigenvalue weighted by molar-refractivity contribution is 0.187. The number of benzene rings is 1. The maximum absolute atomic E-state index is 12.0. The first-order chi connectivity index (χ1) is 11.6. The molecule has 3 rings (SSSR count). The molecule has 0 spiro atoms. The molecule has 0 N–H and O–H groups in total. The van der Waals surface area contributed by atoms with Crippen LogP contribution in [0.15, 0.2) is 40.1 Å². The molecule has 0 radical (unpaired) electrons. The van der Waals surface area contributed by atoms with E-state index in [0.29, 0.717) is 6.67 Å². The van der Waals surface area contributed by atoms with E-state index in [2.05, 4.69) is 14.9 Å². The molecule has 1 aliphatic rings. The van der Waals surface area contributed by atoms with Gasteiger partial charge >= 0.3 is 5.69 Å². The quantitative estimate of drug-likeness (QED) is 0.768. The molecule has 0 saturated carbocycles. The second-order valence-electron chi connectivity index (χ2n) is 5.74. The van der Waals surface area contributed by atoms with E-state index in [1.807, 2.05) is 24.3 Å². The standard InChI is InChI=1S/C16H21N5O3/c1-18-15(22)11-17-21(16(18)23)12-19-7-9-20(10-8-19)13-5-3-4-6-14(13)24-2/h3-6,11H,7-10,12H2,1-2H3. The SMILES string of the molecule is COc1ccccc1N1CCN(Cn2ncc(=O)n(C)c2=O)CC1. The Hall–Kier alpha value is -2.61. The highest BCUT2D eigenvalue weighted by Crippen LogP contribution is 2.28. The van der Waals surface area contributed by atoms with Crippen LogP contribution in [0.1, 0.15) is 0 Å². The number of anilines is 1. The molecule has 8 heteroatoms. The molecule has 1 saturated heterocycles. The van der Waals surface area contributed by atoms with Crippen molar-refractivity contribution < 1.29 is 4.74 Å². The van der Waals surface area contributed by atoms with Crippen LogP contribution >= 0.6 is 0 Å². The van der Waals surface area contributed by atoms with Crippen LogP contribution in [0.5, 0.6) is 5.75 Å². The first-order valence-electron chi connectivity index (χ1n) is 7.83. The Bertz CT molecular complexity index is 821. The van der Waals surface area contributed by atoms with E-state index in [0.717, 1.165) is 42.2 Å². The largest absolute Gasteiger partial charge is 0.495 e. The average molecular weight is 331 g/mol. The highest BCUT2D eigenvalue weighted by Gasteiger charge is 2.20. The maximum atomic E-state index is 12.0. The molecule has 128 valence electrons. The van der Waals surface area contributed by atoms with E-state index in [4.69, 9.17) is 4.74 Å². The van der Waals surface area contributed by atoms with Gasteiger partial charge in [0.15, 0.2) is 0 Å². The molecule has 0 atom stereocenters. The minimum Gasteiger partial charge on any atom is -0.495 e. The van der Waals surface area contributed by atoms with Crippen LogP contribution in [0.3, 0.4) is 0 Å². The van der Waals surface area contributed by atoms with Gasteiger partial charge in [0.1, 0.15) is 11.9 Å². The fraction of sp³-hybridized carbons (Fsp3) is 0.438. The Labute approximate surface area is 139 Å². The van der Waals surface area contributed by atoms with Crippen molar-refractivity contribution in [1.29, 1.82) is 0 Å². The third-order valence-corrected chi connectivity index (χ3v) is 4.28. The summed E-state index contributed by atoms with van der Waals surface area (Å²) in [6.45, 7) is 3.65. The van der Waals surface area contributed by atoms with Crippen LogP contribution in [0.2, 0.25) is 0 Å². The molecule has 24 heavy (non-hydrogen) atoms. The van der Waals surface area contributed by atoms with Crippen molar-refractivity contribution in [3.63, 3.8) is 0 Å². The molecule has 1 aromatic carbocycles. The average Bonchev–Trinajstić information content (AvgIpc) is 2.63. The van der Waals surface area contributed by atoms with Gasteiger partial charge in [0.25, 0.3) is 5.56 Å². The molecule has 0 amide bonds. The van der Waals surface area contributed by atoms with Crippen molar-refractivity contribution in [1.82, 2.24) is 19.2 Å². The van der Waals surface area contributed by atoms with Crippen LogP contribution < -0.4 is 20.9 Å². The van der Waals surface area contributed by atoms with Crippen molar-refractivity contribution in [3.05, 3.63) is 51.3 Å². The lowest BCUT2D eigenvalue weighted by Gasteiger charge is -2.36. The number of ether oxygens (including phenoxy) is 1. The topological polar surface area (TPSA) is 72.6 Å². The van der Waals surface area contributed by atoms with Crippen LogP contribution in [-0.4, -0.2) is 52.5 Å². The van der Waals surface area contributed by atoms with Crippen LogP contribution in [0.25, 0.3) is 0 Å². The van der Waals surface area contributed by atoms with Gasteiger partial charge in [-0.25, -0.2) is 9.48 Å². The van der Waals surface area contributed by atoms with Crippen molar-refractivity contribution in [2.75, 3.05) is 38.2 Å². The summed E-state index contributed by atoms with van der Waals surface area (Å²) in [5.41, 5.74) is 0.295. The van der Waals surface area contributed by atoms with Gasteiger partial charge in [-0.3, -0.25) is 14.3 Å². The Morgan fingerprint density at radius 1 is 1.12 bits per heavy atom. The van der Waals surface area contributed by atoms with E-state index in [9.17, 15) is 9.59 Å². The Kier molecular flexibility index (Phi) is 4.66. The predicted octanol–water partition coefficient (Wildman–Crippen LogP) is -0.270. The summed E-state index contributed by atoms with van der Waals surface area (Å²) >= 11 is 0. The number of hydrogen-bond donors (Lipinski definition) is 0. The van der Waals surface area contributed by atoms with Crippen LogP contribution in [0.4, 0.5) is 5.69 Å². The monoisotopic (exact) mass is 331 g/mol. The summed E-state index contributed by atoms with van der Waals surface area (Å²) in [7, 11) is 3.13. The minimum atomic E-state index is -0.394. The summed E-state index contributed by atoms with van der Waals surface area (Å²) in [5, 5.41) is 3.93. The number of para-hydroxylation sites is 2. The summed E-state index contributed by atoms with van der Waals surface area (Å²) in [6, 6.07) is 7.96. The summed E-state index contributed by atoms with van der Waals surface area (Å²) in [4.78, 5) is 27.9. The first-order valence-corrected chi connectivity index (χ1v) is 7.83. The third-order valence-electron chi connectivity index (χ3n) is 4.28. The molecule has 2 aromatic rings. The van der Waals surface area contributed by atoms with Crippen molar-refractivity contribution in [2.45, 2.75) is 6.67 Å². The second-order valence-corrected chi connectivity index (χ2v) is 5.74. The lowest BCUT2D eigenvalue weighted by Crippen LogP contribution is -2.49. The number of piperazine rings is 1. The van der Waals surface area contributed by atoms with Gasteiger partial charge in [-0.15, -0.1) is 0 Å². The van der Waals surface area contributed by atoms with Crippen LogP contribution in [-0.2, 0) is 13.7 Å². The maximum Gasteiger partial charge on any atom is 0.348 e. The molecule has 1 aliphatic heterocycles. The van der Waals surface area contributed by atoms with E-state index in [-0.39, 0.29) is 0 Å². The van der Waals surface area contributed by atoms with Gasteiger partial charge in [0.05, 0.1) is 19.5 Å². The predicted molar refractivity (Wildman–Crippen MR) is 90.5 cm³/mol. The molecule has 0 aliphatic carbocycles. The number of nitrogens with zero attached hydrogens (tertiary/aromatic N) is 5. The number of rotatable bonds is 4. The zero-order valence-corrected chi connectivity index (χ0v) is 13.9. The number of hydrogen-bond acceptors (Lipinski definition) is 6. The van der Waals surface area contributed by atoms with Gasteiger partial charge in [0.2, 0.25) is 0 Å². The lowest BCUT2D eigenvalue weighted by atomic mass is 10.2. The molecular weight excluding hydrogens is 310 g/mol. The van der Waals surface area contributed by atoms with Crippen LogP contribution in [0, 0.1) is 0 Å². The van der Waals surface area contributed by atoms with Gasteiger partial charge in [-0.2, -0.15) is 5.10 Å². The smallest absolute Gasteiger partial charge is 0.348 e. The minimum absolute atomic E-state index is 0.382. The van der Waals surface area contributed by atoms with Gasteiger partial charge in [-0.1, -0.05) is 12.1 Å². The van der Waals surface area contributed by atoms with Gasteiger partial charge in [-0.05, 0) is 12.1 Å². The Morgan fingerprint density at radius 3 is 2.54 bits per heavy atom. The second kappa shape index (κ2) is 6.88. The molecule has 2 heterocycles. The normalized spacial score (nSPS) is 15.5. The zero-order chi connectivity index (χ0) is 17.1. The molecular formula is C16H21N5O3.